The number of aryl methyl sites for hydroxylation is 2. The van der Waals surface area contributed by atoms with Gasteiger partial charge in [-0.25, -0.2) is 4.79 Å². The second-order valence-electron chi connectivity index (χ2n) is 2.34. The molecule has 0 unspecified atom stereocenters. The number of hydrogen-bond acceptors (Lipinski definition) is 3. The van der Waals surface area contributed by atoms with Gasteiger partial charge in [-0.2, -0.15) is 4.98 Å². The Bertz CT molecular complexity index is 317. The first-order chi connectivity index (χ1) is 5.15. The molecule has 0 fully saturated rings. The number of aromatic nitrogens is 2. The Morgan fingerprint density at radius 1 is 1.73 bits per heavy atom. The van der Waals surface area contributed by atoms with Crippen molar-refractivity contribution in [1.82, 2.24) is 9.71 Å². The molecule has 0 aliphatic heterocycles. The van der Waals surface area contributed by atoms with Crippen molar-refractivity contribution in [2.75, 3.05) is 0 Å². The van der Waals surface area contributed by atoms with Crippen LogP contribution in [-0.4, -0.2) is 14.9 Å². The third kappa shape index (κ3) is 1.39. The van der Waals surface area contributed by atoms with Crippen molar-refractivity contribution in [3.63, 3.8) is 0 Å². The predicted octanol–water partition coefficient (Wildman–Crippen LogP) is 0.351. The van der Waals surface area contributed by atoms with Gasteiger partial charge in [-0.3, -0.25) is 0 Å². The van der Waals surface area contributed by atoms with E-state index in [1.54, 1.807) is 13.0 Å². The number of nitrogens with zero attached hydrogens (tertiary/aromatic N) is 2. The summed E-state index contributed by atoms with van der Waals surface area (Å²) in [5.41, 5.74) is 0.613. The maximum atomic E-state index is 10.8. The first-order valence-corrected chi connectivity index (χ1v) is 3.44. The van der Waals surface area contributed by atoms with Gasteiger partial charge >= 0.3 is 5.69 Å². The van der Waals surface area contributed by atoms with Gasteiger partial charge in [0.15, 0.2) is 0 Å². The molecule has 1 heterocycles. The molecular weight excluding hydrogens is 144 g/mol. The fraction of sp³-hybridized carbons (Fsp3) is 0.429. The normalized spacial score (nSPS) is 10.0. The molecule has 60 valence electrons. The van der Waals surface area contributed by atoms with E-state index in [2.05, 4.69) is 4.98 Å². The highest BCUT2D eigenvalue weighted by atomic mass is 16.5. The summed E-state index contributed by atoms with van der Waals surface area (Å²) in [5, 5.41) is 8.97. The maximum absolute atomic E-state index is 10.8. The molecule has 0 aliphatic rings. The van der Waals surface area contributed by atoms with E-state index >= 15 is 0 Å². The van der Waals surface area contributed by atoms with Crippen LogP contribution < -0.4 is 5.69 Å². The summed E-state index contributed by atoms with van der Waals surface area (Å²) < 4.78 is 0.541. The highest BCUT2D eigenvalue weighted by Gasteiger charge is 2.00. The second kappa shape index (κ2) is 2.74. The van der Waals surface area contributed by atoms with Gasteiger partial charge in [-0.1, -0.05) is 6.92 Å². The van der Waals surface area contributed by atoms with E-state index in [-0.39, 0.29) is 0 Å². The second-order valence-corrected chi connectivity index (χ2v) is 2.34. The summed E-state index contributed by atoms with van der Waals surface area (Å²) in [7, 11) is 0. The zero-order valence-corrected chi connectivity index (χ0v) is 6.53. The molecule has 0 radical (unpaired) electrons. The van der Waals surface area contributed by atoms with Crippen molar-refractivity contribution >= 4 is 0 Å². The molecule has 0 spiro atoms. The maximum Gasteiger partial charge on any atom is 0.380 e. The van der Waals surface area contributed by atoms with Crippen LogP contribution in [0.3, 0.4) is 0 Å². The Morgan fingerprint density at radius 2 is 2.36 bits per heavy atom. The molecular formula is C7H10N2O2. The van der Waals surface area contributed by atoms with Crippen LogP contribution in [0.2, 0.25) is 0 Å². The van der Waals surface area contributed by atoms with Crippen LogP contribution in [0, 0.1) is 6.92 Å². The highest BCUT2D eigenvalue weighted by molar-refractivity contribution is 5.06. The van der Waals surface area contributed by atoms with Crippen molar-refractivity contribution in [2.24, 2.45) is 0 Å². The third-order valence-corrected chi connectivity index (χ3v) is 1.49. The average Bonchev–Trinajstić information content (AvgIpc) is 1.99. The van der Waals surface area contributed by atoms with E-state index < -0.39 is 5.69 Å². The fourth-order valence-corrected chi connectivity index (χ4v) is 0.837. The van der Waals surface area contributed by atoms with Gasteiger partial charge in [0.1, 0.15) is 0 Å². The standard InChI is InChI=1S/C7H10N2O2/c1-3-6-4-5(2)9(11)7(10)8-6/h4,11H,3H2,1-2H3. The van der Waals surface area contributed by atoms with Gasteiger partial charge in [0, 0.05) is 5.69 Å². The van der Waals surface area contributed by atoms with E-state index in [0.29, 0.717) is 22.5 Å². The lowest BCUT2D eigenvalue weighted by molar-refractivity contribution is 0.163. The van der Waals surface area contributed by atoms with Gasteiger partial charge < -0.3 is 5.21 Å². The lowest BCUT2D eigenvalue weighted by Crippen LogP contribution is -2.23. The van der Waals surface area contributed by atoms with Gasteiger partial charge in [0.25, 0.3) is 0 Å². The smallest absolute Gasteiger partial charge is 0.380 e. The van der Waals surface area contributed by atoms with Gasteiger partial charge in [0.2, 0.25) is 0 Å². The monoisotopic (exact) mass is 154 g/mol. The van der Waals surface area contributed by atoms with Gasteiger partial charge in [0.05, 0.1) is 5.69 Å². The Hall–Kier alpha value is -1.32. The molecule has 4 nitrogen and oxygen atoms in total. The Balaban J connectivity index is 3.32. The Morgan fingerprint density at radius 3 is 2.82 bits per heavy atom. The molecule has 1 N–H and O–H groups in total. The molecule has 11 heavy (non-hydrogen) atoms. The van der Waals surface area contributed by atoms with E-state index in [9.17, 15) is 4.79 Å². The third-order valence-electron chi connectivity index (χ3n) is 1.49. The Labute approximate surface area is 64.1 Å². The van der Waals surface area contributed by atoms with Crippen molar-refractivity contribution in [3.05, 3.63) is 27.9 Å². The zero-order chi connectivity index (χ0) is 8.43. The van der Waals surface area contributed by atoms with Crippen LogP contribution in [0.4, 0.5) is 0 Å². The van der Waals surface area contributed by atoms with E-state index in [1.807, 2.05) is 6.92 Å². The summed E-state index contributed by atoms with van der Waals surface area (Å²) in [4.78, 5) is 14.4. The molecule has 4 heteroatoms. The molecule has 0 amide bonds. The van der Waals surface area contributed by atoms with E-state index in [4.69, 9.17) is 5.21 Å². The first-order valence-electron chi connectivity index (χ1n) is 3.44. The highest BCUT2D eigenvalue weighted by Crippen LogP contribution is 1.95. The molecule has 0 bridgehead atoms. The summed E-state index contributed by atoms with van der Waals surface area (Å²) in [5.74, 6) is 0. The summed E-state index contributed by atoms with van der Waals surface area (Å²) in [6, 6.07) is 1.68. The zero-order valence-electron chi connectivity index (χ0n) is 6.53. The molecule has 1 aromatic heterocycles. The van der Waals surface area contributed by atoms with Gasteiger partial charge in [-0.05, 0) is 19.4 Å². The molecule has 0 aliphatic carbocycles. The minimum atomic E-state index is -0.609. The van der Waals surface area contributed by atoms with Crippen LogP contribution >= 0.6 is 0 Å². The SMILES string of the molecule is CCc1cc(C)n(O)c(=O)n1. The summed E-state index contributed by atoms with van der Waals surface area (Å²) in [6.45, 7) is 3.56. The lowest BCUT2D eigenvalue weighted by atomic mass is 10.3. The van der Waals surface area contributed by atoms with E-state index in [0.717, 1.165) is 0 Å². The Kier molecular flexibility index (Phi) is 1.94. The molecule has 1 rings (SSSR count). The summed E-state index contributed by atoms with van der Waals surface area (Å²) in [6.07, 6.45) is 0.705. The van der Waals surface area contributed by atoms with Gasteiger partial charge in [-0.15, -0.1) is 4.73 Å². The molecule has 1 aromatic rings. The van der Waals surface area contributed by atoms with Crippen molar-refractivity contribution in [3.8, 4) is 0 Å². The van der Waals surface area contributed by atoms with Crippen LogP contribution in [0.5, 0.6) is 0 Å². The molecule has 0 saturated carbocycles. The molecule has 0 aromatic carbocycles. The van der Waals surface area contributed by atoms with Crippen LogP contribution in [-0.2, 0) is 6.42 Å². The molecule has 0 saturated heterocycles. The minimum Gasteiger partial charge on any atom is -0.424 e. The quantitative estimate of drug-likeness (QED) is 0.594. The molecule has 0 atom stereocenters. The fourth-order valence-electron chi connectivity index (χ4n) is 0.837. The van der Waals surface area contributed by atoms with Crippen LogP contribution in [0.1, 0.15) is 18.3 Å². The van der Waals surface area contributed by atoms with Crippen molar-refractivity contribution < 1.29 is 5.21 Å². The average molecular weight is 154 g/mol. The summed E-state index contributed by atoms with van der Waals surface area (Å²) >= 11 is 0. The van der Waals surface area contributed by atoms with Crippen LogP contribution in [0.15, 0.2) is 10.9 Å². The predicted molar refractivity (Wildman–Crippen MR) is 39.8 cm³/mol. The van der Waals surface area contributed by atoms with Crippen LogP contribution in [0.25, 0.3) is 0 Å². The number of hydrogen-bond donors (Lipinski definition) is 1. The minimum absolute atomic E-state index is 0.516. The van der Waals surface area contributed by atoms with E-state index in [1.165, 1.54) is 0 Å². The first kappa shape index (κ1) is 7.78. The topological polar surface area (TPSA) is 55.1 Å². The number of rotatable bonds is 1. The van der Waals surface area contributed by atoms with Crippen molar-refractivity contribution in [2.45, 2.75) is 20.3 Å². The van der Waals surface area contributed by atoms with Crippen molar-refractivity contribution in [1.29, 1.82) is 0 Å². The largest absolute Gasteiger partial charge is 0.424 e. The lowest BCUT2D eigenvalue weighted by Gasteiger charge is -2.00.